The molecular weight excluding hydrogens is 302 g/mol. The number of methoxy groups -OCH3 is 1. The van der Waals surface area contributed by atoms with Gasteiger partial charge in [-0.3, -0.25) is 4.57 Å². The number of fused-ring (bicyclic) bond motifs is 1. The van der Waals surface area contributed by atoms with Gasteiger partial charge in [0, 0.05) is 29.6 Å². The smallest absolute Gasteiger partial charge is 0.121 e. The van der Waals surface area contributed by atoms with Gasteiger partial charge in [0.25, 0.3) is 0 Å². The molecule has 0 saturated heterocycles. The van der Waals surface area contributed by atoms with E-state index in [1.54, 1.807) is 7.11 Å². The van der Waals surface area contributed by atoms with Crippen LogP contribution < -0.4 is 4.74 Å². The van der Waals surface area contributed by atoms with Crippen molar-refractivity contribution in [2.75, 3.05) is 13.7 Å². The average molecular weight is 321 g/mol. The van der Waals surface area contributed by atoms with E-state index in [0.717, 1.165) is 46.7 Å². The largest absolute Gasteiger partial charge is 0.497 e. The Balaban J connectivity index is 2.02. The first-order valence-corrected chi connectivity index (χ1v) is 7.92. The van der Waals surface area contributed by atoms with Crippen molar-refractivity contribution in [3.8, 4) is 11.4 Å². The second kappa shape index (κ2) is 7.06. The van der Waals surface area contributed by atoms with Gasteiger partial charge in [0.1, 0.15) is 11.6 Å². The van der Waals surface area contributed by atoms with Gasteiger partial charge in [-0.1, -0.05) is 24.2 Å². The van der Waals surface area contributed by atoms with E-state index in [-0.39, 0.29) is 0 Å². The van der Waals surface area contributed by atoms with Gasteiger partial charge in [0.05, 0.1) is 18.1 Å². The van der Waals surface area contributed by atoms with Gasteiger partial charge in [-0.05, 0) is 41.8 Å². The number of imidazole rings is 1. The van der Waals surface area contributed by atoms with Crippen molar-refractivity contribution >= 4 is 11.0 Å². The van der Waals surface area contributed by atoms with Crippen molar-refractivity contribution < 1.29 is 4.74 Å². The Morgan fingerprint density at radius 3 is 2.67 bits per heavy atom. The number of hydrogen-bond donors (Lipinski definition) is 0. The molecule has 0 aliphatic carbocycles. The lowest BCUT2D eigenvalue weighted by atomic mass is 10.1. The normalized spacial score (nSPS) is 10.6. The third kappa shape index (κ3) is 3.05. The predicted octanol–water partition coefficient (Wildman–Crippen LogP) is 4.45. The summed E-state index contributed by atoms with van der Waals surface area (Å²) in [6, 6.07) is 14.2. The first-order valence-electron chi connectivity index (χ1n) is 7.92. The highest BCUT2D eigenvalue weighted by Crippen LogP contribution is 2.26. The van der Waals surface area contributed by atoms with Crippen molar-refractivity contribution in [2.45, 2.75) is 19.8 Å². The maximum absolute atomic E-state index is 8.35. The van der Waals surface area contributed by atoms with Gasteiger partial charge in [-0.15, -0.1) is 0 Å². The van der Waals surface area contributed by atoms with E-state index in [4.69, 9.17) is 15.3 Å². The molecule has 3 rings (SSSR count). The molecule has 0 fully saturated rings. The van der Waals surface area contributed by atoms with Gasteiger partial charge >= 0.3 is 0 Å². The number of ether oxygens (including phenoxy) is 1. The number of hydrogen-bond acceptors (Lipinski definition) is 3. The molecule has 0 amide bonds. The van der Waals surface area contributed by atoms with Gasteiger partial charge in [-0.2, -0.15) is 0 Å². The number of aromatic nitrogens is 2. The highest BCUT2D eigenvalue weighted by Gasteiger charge is 2.12. The molecule has 0 N–H and O–H groups in total. The molecule has 0 radical (unpaired) electrons. The molecule has 0 bridgehead atoms. The van der Waals surface area contributed by atoms with E-state index < -0.39 is 0 Å². The van der Waals surface area contributed by atoms with Crippen molar-refractivity contribution in [3.05, 3.63) is 64.3 Å². The third-order valence-electron chi connectivity index (χ3n) is 4.01. The van der Waals surface area contributed by atoms with Gasteiger partial charge in [0.2, 0.25) is 0 Å². The summed E-state index contributed by atoms with van der Waals surface area (Å²) in [5, 5.41) is 3.58. The first kappa shape index (κ1) is 15.9. The molecule has 6 heteroatoms. The van der Waals surface area contributed by atoms with Crippen molar-refractivity contribution in [1.82, 2.24) is 9.55 Å². The SMILES string of the molecule is CCc1nc2ccc(OC)cc2n1-c1ccc(CCN=[N+]=[N-])cc1. The Hall–Kier alpha value is -2.98. The van der Waals surface area contributed by atoms with Crippen LogP contribution in [0.3, 0.4) is 0 Å². The monoisotopic (exact) mass is 321 g/mol. The van der Waals surface area contributed by atoms with Crippen molar-refractivity contribution in [1.29, 1.82) is 0 Å². The maximum atomic E-state index is 8.35. The zero-order chi connectivity index (χ0) is 16.9. The minimum Gasteiger partial charge on any atom is -0.497 e. The zero-order valence-corrected chi connectivity index (χ0v) is 13.8. The van der Waals surface area contributed by atoms with Crippen LogP contribution in [-0.4, -0.2) is 23.2 Å². The Morgan fingerprint density at radius 1 is 1.21 bits per heavy atom. The van der Waals surface area contributed by atoms with E-state index in [2.05, 4.69) is 45.8 Å². The zero-order valence-electron chi connectivity index (χ0n) is 13.8. The fourth-order valence-corrected chi connectivity index (χ4v) is 2.79. The van der Waals surface area contributed by atoms with Crippen molar-refractivity contribution in [3.63, 3.8) is 0 Å². The lowest BCUT2D eigenvalue weighted by molar-refractivity contribution is 0.415. The lowest BCUT2D eigenvalue weighted by Crippen LogP contribution is -2.00. The summed E-state index contributed by atoms with van der Waals surface area (Å²) in [5.74, 6) is 1.83. The summed E-state index contributed by atoms with van der Waals surface area (Å²) in [6.07, 6.45) is 1.58. The number of rotatable bonds is 6. The molecule has 2 aromatic carbocycles. The number of nitrogens with zero attached hydrogens (tertiary/aromatic N) is 5. The fraction of sp³-hybridized carbons (Fsp3) is 0.278. The highest BCUT2D eigenvalue weighted by molar-refractivity contribution is 5.80. The standard InChI is InChI=1S/C18H19N5O/c1-3-18-21-16-9-8-15(24-2)12-17(16)23(18)14-6-4-13(5-7-14)10-11-20-22-19/h4-9,12H,3,10-11H2,1-2H3. The molecule has 0 atom stereocenters. The molecule has 0 unspecified atom stereocenters. The molecule has 122 valence electrons. The van der Waals surface area contributed by atoms with Gasteiger partial charge in [0.15, 0.2) is 0 Å². The van der Waals surface area contributed by atoms with Crippen LogP contribution in [0.25, 0.3) is 27.2 Å². The lowest BCUT2D eigenvalue weighted by Gasteiger charge is -2.10. The quantitative estimate of drug-likeness (QED) is 0.382. The number of azide groups is 1. The Kier molecular flexibility index (Phi) is 4.68. The number of benzene rings is 2. The van der Waals surface area contributed by atoms with Crippen molar-refractivity contribution in [2.24, 2.45) is 5.11 Å². The van der Waals surface area contributed by atoms with E-state index in [1.807, 2.05) is 18.2 Å². The summed E-state index contributed by atoms with van der Waals surface area (Å²) >= 11 is 0. The summed E-state index contributed by atoms with van der Waals surface area (Å²) in [5.41, 5.74) is 12.6. The second-order valence-corrected chi connectivity index (χ2v) is 5.44. The first-order chi connectivity index (χ1) is 11.8. The fourth-order valence-electron chi connectivity index (χ4n) is 2.79. The average Bonchev–Trinajstić information content (AvgIpc) is 3.00. The molecule has 1 heterocycles. The second-order valence-electron chi connectivity index (χ2n) is 5.44. The van der Waals surface area contributed by atoms with Crippen LogP contribution in [0.1, 0.15) is 18.3 Å². The van der Waals surface area contributed by atoms with Gasteiger partial charge < -0.3 is 4.74 Å². The summed E-state index contributed by atoms with van der Waals surface area (Å²) in [7, 11) is 1.67. The predicted molar refractivity (Wildman–Crippen MR) is 94.7 cm³/mol. The van der Waals surface area contributed by atoms with Crippen LogP contribution in [0.4, 0.5) is 0 Å². The van der Waals surface area contributed by atoms with E-state index >= 15 is 0 Å². The third-order valence-corrected chi connectivity index (χ3v) is 4.01. The molecule has 6 nitrogen and oxygen atoms in total. The van der Waals surface area contributed by atoms with Crippen LogP contribution in [0.15, 0.2) is 47.6 Å². The van der Waals surface area contributed by atoms with Gasteiger partial charge in [-0.25, -0.2) is 4.98 Å². The van der Waals surface area contributed by atoms with E-state index in [1.165, 1.54) is 0 Å². The molecular formula is C18H19N5O. The minimum absolute atomic E-state index is 0.473. The van der Waals surface area contributed by atoms with E-state index in [9.17, 15) is 0 Å². The molecule has 3 aromatic rings. The summed E-state index contributed by atoms with van der Waals surface area (Å²) in [6.45, 7) is 2.57. The Labute approximate surface area is 140 Å². The Morgan fingerprint density at radius 2 is 2.00 bits per heavy atom. The van der Waals surface area contributed by atoms with Crippen LogP contribution in [0, 0.1) is 0 Å². The van der Waals surface area contributed by atoms with Crippen LogP contribution in [-0.2, 0) is 12.8 Å². The molecule has 0 saturated carbocycles. The maximum Gasteiger partial charge on any atom is 0.121 e. The molecule has 0 aliphatic rings. The van der Waals surface area contributed by atoms with E-state index in [0.29, 0.717) is 6.54 Å². The van der Waals surface area contributed by atoms with Crippen LogP contribution in [0.2, 0.25) is 0 Å². The molecule has 0 aliphatic heterocycles. The topological polar surface area (TPSA) is 75.8 Å². The number of aryl methyl sites for hydroxylation is 1. The van der Waals surface area contributed by atoms with Crippen LogP contribution in [0.5, 0.6) is 5.75 Å². The molecule has 1 aromatic heterocycles. The molecule has 0 spiro atoms. The Bertz CT molecular complexity index is 892. The summed E-state index contributed by atoms with van der Waals surface area (Å²) < 4.78 is 7.51. The van der Waals surface area contributed by atoms with Crippen LogP contribution >= 0.6 is 0 Å². The molecule has 24 heavy (non-hydrogen) atoms. The minimum atomic E-state index is 0.473. The summed E-state index contributed by atoms with van der Waals surface area (Å²) in [4.78, 5) is 7.50. The highest BCUT2D eigenvalue weighted by atomic mass is 16.5.